The Balaban J connectivity index is 1.92. The van der Waals surface area contributed by atoms with Crippen molar-refractivity contribution in [2.75, 3.05) is 11.1 Å². The van der Waals surface area contributed by atoms with Crippen molar-refractivity contribution in [1.82, 2.24) is 0 Å². The van der Waals surface area contributed by atoms with Crippen LogP contribution in [0.2, 0.25) is 10.0 Å². The van der Waals surface area contributed by atoms with Gasteiger partial charge in [-0.25, -0.2) is 0 Å². The number of hydrogen-bond donors (Lipinski definition) is 2. The summed E-state index contributed by atoms with van der Waals surface area (Å²) in [5.74, 6) is -0.332. The number of benzene rings is 2. The molecule has 0 aliphatic carbocycles. The van der Waals surface area contributed by atoms with Crippen LogP contribution in [0.3, 0.4) is 0 Å². The summed E-state index contributed by atoms with van der Waals surface area (Å²) < 4.78 is 8.57. The van der Waals surface area contributed by atoms with Gasteiger partial charge in [0.2, 0.25) is 0 Å². The van der Waals surface area contributed by atoms with Crippen molar-refractivity contribution < 1.29 is 4.79 Å². The number of carbonyl (C=O) groups excluding carboxylic acids is 1. The third-order valence-corrected chi connectivity index (χ3v) is 4.64. The molecule has 0 saturated heterocycles. The Morgan fingerprint density at radius 3 is 2.62 bits per heavy atom. The SMILES string of the molecule is Nc1c(Cl)cc(C(=O)Nc2cccc3c2N=[Se]=N3)cc1Cl. The first-order chi connectivity index (χ1) is 10.1. The molecule has 106 valence electrons. The monoisotopic (exact) mass is 386 g/mol. The van der Waals surface area contributed by atoms with Gasteiger partial charge in [-0.3, -0.25) is 0 Å². The fourth-order valence-electron chi connectivity index (χ4n) is 1.82. The molecule has 21 heavy (non-hydrogen) atoms. The van der Waals surface area contributed by atoms with Crippen LogP contribution in [0.1, 0.15) is 10.4 Å². The molecule has 2 aromatic carbocycles. The van der Waals surface area contributed by atoms with E-state index in [1.54, 1.807) is 6.07 Å². The second kappa shape index (κ2) is 5.66. The average Bonchev–Trinajstić information content (AvgIpc) is 2.93. The number of amides is 1. The summed E-state index contributed by atoms with van der Waals surface area (Å²) in [6, 6.07) is 8.41. The average molecular weight is 386 g/mol. The number of nitrogens with zero attached hydrogens (tertiary/aromatic N) is 2. The number of carbonyl (C=O) groups is 1. The van der Waals surface area contributed by atoms with Gasteiger partial charge in [0.15, 0.2) is 0 Å². The molecule has 1 aliphatic rings. The summed E-state index contributed by atoms with van der Waals surface area (Å²) in [7, 11) is 0. The minimum atomic E-state index is -0.332. The molecule has 8 heteroatoms. The molecular weight excluding hydrogens is 378 g/mol. The molecule has 0 radical (unpaired) electrons. The summed E-state index contributed by atoms with van der Waals surface area (Å²) in [4.78, 5) is 12.3. The van der Waals surface area contributed by atoms with Gasteiger partial charge < -0.3 is 0 Å². The maximum atomic E-state index is 12.3. The number of fused-ring (bicyclic) bond motifs is 1. The Hall–Kier alpha value is -1.59. The van der Waals surface area contributed by atoms with Gasteiger partial charge in [-0.05, 0) is 0 Å². The molecule has 3 N–H and O–H groups in total. The van der Waals surface area contributed by atoms with E-state index in [0.29, 0.717) is 16.9 Å². The first-order valence-electron chi connectivity index (χ1n) is 5.83. The third-order valence-electron chi connectivity index (χ3n) is 2.88. The fraction of sp³-hybridized carbons (Fsp3) is 0. The fourth-order valence-corrected chi connectivity index (χ4v) is 3.46. The predicted octanol–water partition coefficient (Wildman–Crippen LogP) is 4.18. The number of nitrogens with one attached hydrogen (secondary N) is 1. The van der Waals surface area contributed by atoms with E-state index in [-0.39, 0.29) is 36.2 Å². The van der Waals surface area contributed by atoms with Crippen LogP contribution in [0.25, 0.3) is 0 Å². The molecule has 0 spiro atoms. The van der Waals surface area contributed by atoms with Gasteiger partial charge in [0.1, 0.15) is 0 Å². The maximum absolute atomic E-state index is 12.3. The number of anilines is 2. The number of halogens is 2. The van der Waals surface area contributed by atoms with E-state index in [9.17, 15) is 4.79 Å². The van der Waals surface area contributed by atoms with Crippen LogP contribution in [0.4, 0.5) is 22.7 Å². The molecule has 0 bridgehead atoms. The number of hydrogen-bond acceptors (Lipinski definition) is 4. The second-order valence-corrected chi connectivity index (χ2v) is 6.17. The van der Waals surface area contributed by atoms with Gasteiger partial charge in [-0.2, -0.15) is 0 Å². The van der Waals surface area contributed by atoms with Gasteiger partial charge in [0, 0.05) is 0 Å². The van der Waals surface area contributed by atoms with Crippen molar-refractivity contribution >= 4 is 66.4 Å². The molecule has 2 aromatic rings. The van der Waals surface area contributed by atoms with Crippen molar-refractivity contribution in [1.29, 1.82) is 0 Å². The van der Waals surface area contributed by atoms with Crippen LogP contribution in [0, 0.1) is 0 Å². The van der Waals surface area contributed by atoms with E-state index < -0.39 is 0 Å². The van der Waals surface area contributed by atoms with Gasteiger partial charge in [-0.1, -0.05) is 0 Å². The summed E-state index contributed by atoms with van der Waals surface area (Å²) in [5.41, 5.74) is 8.36. The van der Waals surface area contributed by atoms with Crippen LogP contribution in [0.5, 0.6) is 0 Å². The molecule has 1 amide bonds. The molecule has 1 heterocycles. The summed E-state index contributed by atoms with van der Waals surface area (Å²) >= 11 is 11.7. The molecule has 0 fully saturated rings. The first-order valence-corrected chi connectivity index (χ1v) is 8.12. The van der Waals surface area contributed by atoms with Crippen molar-refractivity contribution in [2.45, 2.75) is 0 Å². The molecule has 3 rings (SSSR count). The third kappa shape index (κ3) is 2.76. The van der Waals surface area contributed by atoms with Crippen LogP contribution >= 0.6 is 23.2 Å². The normalized spacial score (nSPS) is 11.9. The second-order valence-electron chi connectivity index (χ2n) is 4.25. The van der Waals surface area contributed by atoms with E-state index in [2.05, 4.69) is 13.2 Å². The van der Waals surface area contributed by atoms with Crippen LogP contribution < -0.4 is 11.1 Å². The molecule has 0 unspecified atom stereocenters. The Morgan fingerprint density at radius 1 is 1.19 bits per heavy atom. The molecule has 5 nitrogen and oxygen atoms in total. The standard InChI is InChI=1S/C13H8Cl2N4OSe/c14-7-4-6(5-8(15)11(7)16)13(20)17-9-2-1-3-10-12(9)19-21-18-10/h1-5H,16H2,(H,17,20). The molecule has 0 atom stereocenters. The predicted molar refractivity (Wildman–Crippen MR) is 85.2 cm³/mol. The van der Waals surface area contributed by atoms with Gasteiger partial charge in [0.25, 0.3) is 0 Å². The minimum absolute atomic E-state index is 0.156. The van der Waals surface area contributed by atoms with Crippen molar-refractivity contribution in [2.24, 2.45) is 7.92 Å². The number of rotatable bonds is 2. The van der Waals surface area contributed by atoms with Crippen LogP contribution in [-0.4, -0.2) is 20.5 Å². The Morgan fingerprint density at radius 2 is 1.90 bits per heavy atom. The topological polar surface area (TPSA) is 79.8 Å². The molecule has 1 aliphatic heterocycles. The number of nitrogen functional groups attached to an aromatic ring is 1. The van der Waals surface area contributed by atoms with Gasteiger partial charge >= 0.3 is 136 Å². The number of nitrogens with two attached hydrogens (primary N) is 1. The van der Waals surface area contributed by atoms with E-state index in [1.807, 2.05) is 12.1 Å². The zero-order valence-corrected chi connectivity index (χ0v) is 13.7. The van der Waals surface area contributed by atoms with Gasteiger partial charge in [-0.15, -0.1) is 0 Å². The summed E-state index contributed by atoms with van der Waals surface area (Å²) in [6.45, 7) is 0. The Kier molecular flexibility index (Phi) is 3.87. The van der Waals surface area contributed by atoms with E-state index >= 15 is 0 Å². The molecule has 0 aromatic heterocycles. The van der Waals surface area contributed by atoms with Crippen LogP contribution in [-0.2, 0) is 0 Å². The zero-order chi connectivity index (χ0) is 15.0. The quantitative estimate of drug-likeness (QED) is 0.512. The van der Waals surface area contributed by atoms with Crippen molar-refractivity contribution in [3.63, 3.8) is 0 Å². The molecule has 0 saturated carbocycles. The zero-order valence-electron chi connectivity index (χ0n) is 10.4. The van der Waals surface area contributed by atoms with E-state index in [0.717, 1.165) is 5.69 Å². The van der Waals surface area contributed by atoms with Crippen LogP contribution in [0.15, 0.2) is 38.3 Å². The summed E-state index contributed by atoms with van der Waals surface area (Å²) in [5, 5.41) is 3.28. The Bertz CT molecular complexity index is 808. The van der Waals surface area contributed by atoms with E-state index in [4.69, 9.17) is 28.9 Å². The first kappa shape index (κ1) is 14.4. The Labute approximate surface area is 136 Å². The molecular formula is C13H8Cl2N4OSe. The van der Waals surface area contributed by atoms with E-state index in [1.165, 1.54) is 12.1 Å². The van der Waals surface area contributed by atoms with Crippen molar-refractivity contribution in [3.05, 3.63) is 45.9 Å². The van der Waals surface area contributed by atoms with Crippen molar-refractivity contribution in [3.8, 4) is 0 Å². The summed E-state index contributed by atoms with van der Waals surface area (Å²) in [6.07, 6.45) is 0. The van der Waals surface area contributed by atoms with Gasteiger partial charge in [0.05, 0.1) is 0 Å².